The van der Waals surface area contributed by atoms with Gasteiger partial charge >= 0.3 is 0 Å². The van der Waals surface area contributed by atoms with Gasteiger partial charge in [-0.3, -0.25) is 4.79 Å². The molecule has 0 atom stereocenters. The first-order valence-corrected chi connectivity index (χ1v) is 10.5. The number of fused-ring (bicyclic) bond motifs is 1. The number of nitrogens with zero attached hydrogens (tertiary/aromatic N) is 5. The van der Waals surface area contributed by atoms with Crippen LogP contribution in [0.3, 0.4) is 0 Å². The lowest BCUT2D eigenvalue weighted by Gasteiger charge is -2.09. The molecule has 0 fully saturated rings. The highest BCUT2D eigenvalue weighted by atomic mass is 35.5. The first-order chi connectivity index (χ1) is 16.0. The fraction of sp³-hybridized carbons (Fsp3) is 0.125. The van der Waals surface area contributed by atoms with Gasteiger partial charge in [-0.25, -0.2) is 0 Å². The van der Waals surface area contributed by atoms with E-state index < -0.39 is 0 Å². The number of benzene rings is 2. The average molecular weight is 460 g/mol. The minimum absolute atomic E-state index is 0.0490. The van der Waals surface area contributed by atoms with Crippen molar-refractivity contribution in [3.8, 4) is 17.3 Å². The van der Waals surface area contributed by atoms with Gasteiger partial charge in [0.05, 0.1) is 12.7 Å². The number of methoxy groups -OCH3 is 1. The minimum Gasteiger partial charge on any atom is -0.497 e. The highest BCUT2D eigenvalue weighted by molar-refractivity contribution is 6.30. The third-order valence-electron chi connectivity index (χ3n) is 5.43. The number of carbonyl (C=O) groups excluding carboxylic acids is 1. The summed E-state index contributed by atoms with van der Waals surface area (Å²) in [5.74, 6) is 0.381. The van der Waals surface area contributed by atoms with E-state index >= 15 is 0 Å². The van der Waals surface area contributed by atoms with E-state index in [9.17, 15) is 4.79 Å². The van der Waals surface area contributed by atoms with Crippen molar-refractivity contribution in [3.63, 3.8) is 0 Å². The molecule has 5 rings (SSSR count). The maximum atomic E-state index is 13.5. The molecule has 0 saturated heterocycles. The molecule has 3 heterocycles. The molecule has 0 amide bonds. The van der Waals surface area contributed by atoms with Gasteiger partial charge in [-0.05, 0) is 55.0 Å². The fourth-order valence-electron chi connectivity index (χ4n) is 3.80. The Hall–Kier alpha value is -4.04. The van der Waals surface area contributed by atoms with Crippen LogP contribution in [0.4, 0.5) is 0 Å². The summed E-state index contributed by atoms with van der Waals surface area (Å²) in [6.45, 7) is 2.47. The van der Waals surface area contributed by atoms with Gasteiger partial charge < -0.3 is 13.8 Å². The second-order valence-corrected chi connectivity index (χ2v) is 7.85. The lowest BCUT2D eigenvalue weighted by molar-refractivity contribution is 0.102. The van der Waals surface area contributed by atoms with Gasteiger partial charge in [0.2, 0.25) is 11.6 Å². The first kappa shape index (κ1) is 20.8. The van der Waals surface area contributed by atoms with Crippen molar-refractivity contribution in [1.29, 1.82) is 0 Å². The minimum atomic E-state index is -0.348. The van der Waals surface area contributed by atoms with E-state index in [4.69, 9.17) is 20.9 Å². The number of ether oxygens (including phenoxy) is 1. The predicted molar refractivity (Wildman–Crippen MR) is 123 cm³/mol. The third kappa shape index (κ3) is 3.85. The molecule has 2 aromatic carbocycles. The summed E-state index contributed by atoms with van der Waals surface area (Å²) < 4.78 is 12.8. The topological polar surface area (TPSA) is 95.9 Å². The van der Waals surface area contributed by atoms with E-state index in [0.717, 1.165) is 22.2 Å². The first-order valence-electron chi connectivity index (χ1n) is 10.1. The predicted octanol–water partition coefficient (Wildman–Crippen LogP) is 4.73. The molecule has 0 radical (unpaired) electrons. The van der Waals surface area contributed by atoms with Gasteiger partial charge in [0, 0.05) is 34.4 Å². The molecule has 0 aliphatic heterocycles. The average Bonchev–Trinajstić information content (AvgIpc) is 3.44. The van der Waals surface area contributed by atoms with Gasteiger partial charge in [-0.1, -0.05) is 28.9 Å². The molecule has 0 aliphatic rings. The molecule has 0 aliphatic carbocycles. The van der Waals surface area contributed by atoms with E-state index in [0.29, 0.717) is 28.6 Å². The monoisotopic (exact) mass is 459 g/mol. The summed E-state index contributed by atoms with van der Waals surface area (Å²) in [5.41, 5.74) is 3.61. The Morgan fingerprint density at radius 3 is 2.70 bits per heavy atom. The van der Waals surface area contributed by atoms with Crippen molar-refractivity contribution in [1.82, 2.24) is 24.9 Å². The van der Waals surface area contributed by atoms with Crippen LogP contribution < -0.4 is 4.74 Å². The quantitative estimate of drug-likeness (QED) is 0.338. The molecule has 164 valence electrons. The number of hydrogen-bond acceptors (Lipinski definition) is 7. The molecule has 8 nitrogen and oxygen atoms in total. The molecular formula is C24H18ClN5O3. The Morgan fingerprint density at radius 1 is 1.15 bits per heavy atom. The smallest absolute Gasteiger partial charge is 0.278 e. The Labute approximate surface area is 193 Å². The summed E-state index contributed by atoms with van der Waals surface area (Å²) in [6.07, 6.45) is 1.54. The number of hydrogen-bond donors (Lipinski definition) is 0. The van der Waals surface area contributed by atoms with Crippen LogP contribution in [0.15, 0.2) is 65.3 Å². The number of ketones is 1. The van der Waals surface area contributed by atoms with Crippen LogP contribution in [-0.4, -0.2) is 37.8 Å². The van der Waals surface area contributed by atoms with Crippen molar-refractivity contribution >= 4 is 28.3 Å². The maximum Gasteiger partial charge on any atom is 0.278 e. The lowest BCUT2D eigenvalue weighted by Crippen LogP contribution is -2.07. The molecule has 9 heteroatoms. The van der Waals surface area contributed by atoms with Crippen molar-refractivity contribution in [2.24, 2.45) is 0 Å². The van der Waals surface area contributed by atoms with Crippen LogP contribution >= 0.6 is 11.6 Å². The highest BCUT2D eigenvalue weighted by Gasteiger charge is 2.26. The second kappa shape index (κ2) is 8.48. The van der Waals surface area contributed by atoms with Gasteiger partial charge in [-0.15, -0.1) is 5.10 Å². The van der Waals surface area contributed by atoms with Crippen LogP contribution in [0.1, 0.15) is 27.4 Å². The molecule has 0 spiro atoms. The number of halogens is 1. The summed E-state index contributed by atoms with van der Waals surface area (Å²) >= 11 is 6.04. The summed E-state index contributed by atoms with van der Waals surface area (Å²) in [6, 6.07) is 16.7. The van der Waals surface area contributed by atoms with Crippen molar-refractivity contribution in [2.75, 3.05) is 7.11 Å². The molecule has 0 bridgehead atoms. The van der Waals surface area contributed by atoms with Gasteiger partial charge in [0.1, 0.15) is 5.75 Å². The van der Waals surface area contributed by atoms with Crippen molar-refractivity contribution in [3.05, 3.63) is 88.5 Å². The van der Waals surface area contributed by atoms with E-state index in [1.54, 1.807) is 19.2 Å². The molecular weight excluding hydrogens is 442 g/mol. The zero-order valence-corrected chi connectivity index (χ0v) is 18.6. The van der Waals surface area contributed by atoms with E-state index in [1.807, 2.05) is 49.4 Å². The molecule has 0 N–H and O–H groups in total. The van der Waals surface area contributed by atoms with E-state index in [1.165, 1.54) is 6.20 Å². The van der Waals surface area contributed by atoms with Crippen LogP contribution in [-0.2, 0) is 6.54 Å². The summed E-state index contributed by atoms with van der Waals surface area (Å²) in [5, 5.41) is 13.1. The van der Waals surface area contributed by atoms with Crippen LogP contribution in [0.2, 0.25) is 5.02 Å². The summed E-state index contributed by atoms with van der Waals surface area (Å²) in [7, 11) is 1.59. The number of aromatic nitrogens is 5. The highest BCUT2D eigenvalue weighted by Crippen LogP contribution is 2.32. The third-order valence-corrected chi connectivity index (χ3v) is 5.68. The lowest BCUT2D eigenvalue weighted by atomic mass is 10.1. The number of carbonyl (C=O) groups is 1. The van der Waals surface area contributed by atoms with E-state index in [2.05, 4.69) is 24.9 Å². The largest absolute Gasteiger partial charge is 0.497 e. The zero-order valence-electron chi connectivity index (χ0n) is 17.8. The number of rotatable bonds is 6. The molecule has 3 aromatic heterocycles. The van der Waals surface area contributed by atoms with Crippen molar-refractivity contribution < 1.29 is 14.1 Å². The Bertz CT molecular complexity index is 1460. The summed E-state index contributed by atoms with van der Waals surface area (Å²) in [4.78, 5) is 17.8. The van der Waals surface area contributed by atoms with E-state index in [-0.39, 0.29) is 17.5 Å². The van der Waals surface area contributed by atoms with Crippen LogP contribution in [0, 0.1) is 6.92 Å². The molecule has 0 saturated carbocycles. The van der Waals surface area contributed by atoms with Crippen LogP contribution in [0.25, 0.3) is 22.5 Å². The molecule has 33 heavy (non-hydrogen) atoms. The van der Waals surface area contributed by atoms with Gasteiger partial charge in [0.15, 0.2) is 5.69 Å². The second-order valence-electron chi connectivity index (χ2n) is 7.42. The normalized spacial score (nSPS) is 11.1. The standard InChI is InChI=1S/C24H18ClN5O3/c1-14-21(22(31)23-27-24(33-29-23)19-4-3-11-26-28-19)18-12-17(32-2)9-10-20(18)30(14)13-15-5-7-16(25)8-6-15/h3-12H,13H2,1-2H3. The van der Waals surface area contributed by atoms with Crippen LogP contribution in [0.5, 0.6) is 5.75 Å². The van der Waals surface area contributed by atoms with Gasteiger partial charge in [0.25, 0.3) is 5.89 Å². The van der Waals surface area contributed by atoms with Crippen molar-refractivity contribution in [2.45, 2.75) is 13.5 Å². The fourth-order valence-corrected chi connectivity index (χ4v) is 3.92. The molecule has 0 unspecified atom stereocenters. The SMILES string of the molecule is COc1ccc2c(c1)c(C(=O)c1noc(-c3cccnn3)n1)c(C)n2Cc1ccc(Cl)cc1. The Balaban J connectivity index is 1.61. The Kier molecular flexibility index (Phi) is 5.35. The Morgan fingerprint density at radius 2 is 1.97 bits per heavy atom. The molecule has 5 aromatic rings. The van der Waals surface area contributed by atoms with Gasteiger partial charge in [-0.2, -0.15) is 10.1 Å². The maximum absolute atomic E-state index is 13.5. The zero-order chi connectivity index (χ0) is 22.9.